The van der Waals surface area contributed by atoms with E-state index in [1.54, 1.807) is 0 Å². The largest absolute Gasteiger partial charge is 0.460 e. The van der Waals surface area contributed by atoms with Crippen LogP contribution in [-0.4, -0.2) is 32.3 Å². The van der Waals surface area contributed by atoms with E-state index in [-0.39, 0.29) is 18.0 Å². The van der Waals surface area contributed by atoms with Gasteiger partial charge < -0.3 is 4.74 Å². The first-order valence-corrected chi connectivity index (χ1v) is 8.63. The van der Waals surface area contributed by atoms with Crippen molar-refractivity contribution in [1.82, 2.24) is 4.31 Å². The van der Waals surface area contributed by atoms with Crippen LogP contribution in [-0.2, 0) is 26.2 Å². The number of carbonyl (C=O) groups excluding carboxylic acids is 1. The Morgan fingerprint density at radius 3 is 2.30 bits per heavy atom. The molecule has 122 valence electrons. The maximum atomic E-state index is 12.3. The predicted molar refractivity (Wildman–Crippen MR) is 87.5 cm³/mol. The van der Waals surface area contributed by atoms with Crippen LogP contribution in [0.4, 0.5) is 0 Å². The number of hydrogen-bond donors (Lipinski definition) is 0. The van der Waals surface area contributed by atoms with Crippen molar-refractivity contribution in [3.8, 4) is 0 Å². The maximum absolute atomic E-state index is 12.3. The Kier molecular flexibility index (Phi) is 5.76. The molecule has 0 atom stereocenters. The van der Waals surface area contributed by atoms with Gasteiger partial charge in [-0.15, -0.1) is 0 Å². The lowest BCUT2D eigenvalue weighted by molar-refractivity contribution is -0.144. The zero-order valence-electron chi connectivity index (χ0n) is 12.5. The van der Waals surface area contributed by atoms with E-state index >= 15 is 0 Å². The summed E-state index contributed by atoms with van der Waals surface area (Å²) >= 11 is 5.74. The summed E-state index contributed by atoms with van der Waals surface area (Å²) in [5, 5.41) is 0.439. The molecule has 23 heavy (non-hydrogen) atoms. The molecule has 0 unspecified atom stereocenters. The fourth-order valence-electron chi connectivity index (χ4n) is 1.84. The van der Waals surface area contributed by atoms with Gasteiger partial charge in [0, 0.05) is 12.1 Å². The van der Waals surface area contributed by atoms with Gasteiger partial charge in [0.05, 0.1) is 4.90 Å². The SMILES string of the molecule is CN(CC(=O)OCc1ccccc1)S(=O)(=O)c1ccc(Cl)cc1. The Balaban J connectivity index is 1.96. The molecule has 0 spiro atoms. The van der Waals surface area contributed by atoms with Crippen LogP contribution in [0.3, 0.4) is 0 Å². The molecule has 0 saturated heterocycles. The van der Waals surface area contributed by atoms with E-state index in [1.165, 1.54) is 31.3 Å². The lowest BCUT2D eigenvalue weighted by atomic mass is 10.2. The molecular formula is C16H16ClNO4S. The van der Waals surface area contributed by atoms with E-state index in [9.17, 15) is 13.2 Å². The lowest BCUT2D eigenvalue weighted by Crippen LogP contribution is -2.33. The molecule has 0 saturated carbocycles. The Bertz CT molecular complexity index is 760. The minimum absolute atomic E-state index is 0.0697. The third-order valence-electron chi connectivity index (χ3n) is 3.12. The van der Waals surface area contributed by atoms with Gasteiger partial charge >= 0.3 is 5.97 Å². The highest BCUT2D eigenvalue weighted by molar-refractivity contribution is 7.89. The number of likely N-dealkylation sites (N-methyl/N-ethyl adjacent to an activating group) is 1. The van der Waals surface area contributed by atoms with Crippen LogP contribution in [0.2, 0.25) is 5.02 Å². The molecule has 0 amide bonds. The monoisotopic (exact) mass is 353 g/mol. The van der Waals surface area contributed by atoms with Crippen LogP contribution in [0, 0.1) is 0 Å². The van der Waals surface area contributed by atoms with Gasteiger partial charge in [-0.3, -0.25) is 4.79 Å². The second kappa shape index (κ2) is 7.59. The Hall–Kier alpha value is -1.89. The normalized spacial score (nSPS) is 11.4. The molecule has 7 heteroatoms. The maximum Gasteiger partial charge on any atom is 0.321 e. The molecule has 0 bridgehead atoms. The van der Waals surface area contributed by atoms with Crippen molar-refractivity contribution in [3.05, 3.63) is 65.2 Å². The van der Waals surface area contributed by atoms with Gasteiger partial charge in [0.1, 0.15) is 13.2 Å². The highest BCUT2D eigenvalue weighted by atomic mass is 35.5. The Morgan fingerprint density at radius 1 is 1.09 bits per heavy atom. The first-order valence-electron chi connectivity index (χ1n) is 6.81. The standard InChI is InChI=1S/C16H16ClNO4S/c1-18(23(20,21)15-9-7-14(17)8-10-15)11-16(19)22-12-13-5-3-2-4-6-13/h2-10H,11-12H2,1H3. The zero-order valence-corrected chi connectivity index (χ0v) is 14.0. The van der Waals surface area contributed by atoms with Gasteiger partial charge in [0.25, 0.3) is 0 Å². The minimum atomic E-state index is -3.76. The van der Waals surface area contributed by atoms with Gasteiger partial charge in [-0.2, -0.15) is 4.31 Å². The van der Waals surface area contributed by atoms with Gasteiger partial charge in [-0.05, 0) is 29.8 Å². The van der Waals surface area contributed by atoms with E-state index in [0.29, 0.717) is 5.02 Å². The molecule has 0 aliphatic rings. The summed E-state index contributed by atoms with van der Waals surface area (Å²) < 4.78 is 30.7. The average Bonchev–Trinajstić information content (AvgIpc) is 2.54. The van der Waals surface area contributed by atoms with E-state index in [1.807, 2.05) is 30.3 Å². The summed E-state index contributed by atoms with van der Waals surface area (Å²) in [4.78, 5) is 11.9. The van der Waals surface area contributed by atoms with Gasteiger partial charge in [-0.1, -0.05) is 41.9 Å². The molecule has 0 aliphatic heterocycles. The summed E-state index contributed by atoms with van der Waals surface area (Å²) in [6, 6.07) is 14.9. The van der Waals surface area contributed by atoms with Gasteiger partial charge in [0.2, 0.25) is 10.0 Å². The summed E-state index contributed by atoms with van der Waals surface area (Å²) in [6.07, 6.45) is 0. The molecule has 0 aliphatic carbocycles. The summed E-state index contributed by atoms with van der Waals surface area (Å²) in [7, 11) is -2.43. The number of sulfonamides is 1. The quantitative estimate of drug-likeness (QED) is 0.749. The van der Waals surface area contributed by atoms with E-state index < -0.39 is 16.0 Å². The molecule has 2 aromatic carbocycles. The molecule has 0 fully saturated rings. The van der Waals surface area contributed by atoms with E-state index in [2.05, 4.69) is 0 Å². The van der Waals surface area contributed by atoms with Crippen molar-refractivity contribution >= 4 is 27.6 Å². The molecule has 5 nitrogen and oxygen atoms in total. The molecule has 0 heterocycles. The molecule has 0 radical (unpaired) electrons. The molecular weight excluding hydrogens is 338 g/mol. The number of carbonyl (C=O) groups is 1. The van der Waals surface area contributed by atoms with Crippen molar-refractivity contribution in [2.45, 2.75) is 11.5 Å². The minimum Gasteiger partial charge on any atom is -0.460 e. The average molecular weight is 354 g/mol. The number of nitrogens with zero attached hydrogens (tertiary/aromatic N) is 1. The third-order valence-corrected chi connectivity index (χ3v) is 5.19. The van der Waals surface area contributed by atoms with E-state index in [4.69, 9.17) is 16.3 Å². The fraction of sp³-hybridized carbons (Fsp3) is 0.188. The fourth-order valence-corrected chi connectivity index (χ4v) is 3.08. The Labute approximate surface area is 140 Å². The van der Waals surface area contributed by atoms with Crippen LogP contribution in [0.5, 0.6) is 0 Å². The van der Waals surface area contributed by atoms with Crippen molar-refractivity contribution in [3.63, 3.8) is 0 Å². The smallest absolute Gasteiger partial charge is 0.321 e. The molecule has 0 aromatic heterocycles. The van der Waals surface area contributed by atoms with Crippen molar-refractivity contribution in [2.75, 3.05) is 13.6 Å². The number of benzene rings is 2. The number of hydrogen-bond acceptors (Lipinski definition) is 4. The molecule has 2 rings (SSSR count). The lowest BCUT2D eigenvalue weighted by Gasteiger charge is -2.16. The van der Waals surface area contributed by atoms with Crippen LogP contribution < -0.4 is 0 Å². The summed E-state index contributed by atoms with van der Waals surface area (Å²) in [5.41, 5.74) is 0.837. The Morgan fingerprint density at radius 2 is 1.70 bits per heavy atom. The predicted octanol–water partition coefficient (Wildman–Crippen LogP) is 2.70. The van der Waals surface area contributed by atoms with Crippen molar-refractivity contribution in [1.29, 1.82) is 0 Å². The summed E-state index contributed by atoms with van der Waals surface area (Å²) in [5.74, 6) is -0.617. The third kappa shape index (κ3) is 4.79. The van der Waals surface area contributed by atoms with Crippen molar-refractivity contribution in [2.24, 2.45) is 0 Å². The number of halogens is 1. The molecule has 2 aromatic rings. The number of esters is 1. The zero-order chi connectivity index (χ0) is 16.9. The van der Waals surface area contributed by atoms with Crippen LogP contribution in [0.1, 0.15) is 5.56 Å². The van der Waals surface area contributed by atoms with Gasteiger partial charge in [-0.25, -0.2) is 8.42 Å². The van der Waals surface area contributed by atoms with Gasteiger partial charge in [0.15, 0.2) is 0 Å². The number of ether oxygens (including phenoxy) is 1. The summed E-state index contributed by atoms with van der Waals surface area (Å²) in [6.45, 7) is -0.258. The first kappa shape index (κ1) is 17.5. The van der Waals surface area contributed by atoms with Crippen LogP contribution in [0.15, 0.2) is 59.5 Å². The highest BCUT2D eigenvalue weighted by Crippen LogP contribution is 2.17. The van der Waals surface area contributed by atoms with Crippen LogP contribution in [0.25, 0.3) is 0 Å². The number of rotatable bonds is 6. The molecule has 0 N–H and O–H groups in total. The first-order chi connectivity index (χ1) is 10.9. The second-order valence-electron chi connectivity index (χ2n) is 4.86. The van der Waals surface area contributed by atoms with Crippen molar-refractivity contribution < 1.29 is 17.9 Å². The highest BCUT2D eigenvalue weighted by Gasteiger charge is 2.23. The second-order valence-corrected chi connectivity index (χ2v) is 7.34. The van der Waals surface area contributed by atoms with Crippen LogP contribution >= 0.6 is 11.6 Å². The topological polar surface area (TPSA) is 63.7 Å². The van der Waals surface area contributed by atoms with E-state index in [0.717, 1.165) is 9.87 Å².